The molecule has 0 radical (unpaired) electrons. The fraction of sp³-hybridized carbons (Fsp3) is 0.333. The Bertz CT molecular complexity index is 380. The third kappa shape index (κ3) is 8.13. The zero-order chi connectivity index (χ0) is 13.4. The molecule has 2 rings (SSSR count). The summed E-state index contributed by atoms with van der Waals surface area (Å²) in [6.07, 6.45) is 0. The van der Waals surface area contributed by atoms with Gasteiger partial charge in [-0.05, 0) is 23.0 Å². The Kier molecular flexibility index (Phi) is 12.4. The van der Waals surface area contributed by atoms with Crippen molar-refractivity contribution in [1.29, 1.82) is 0 Å². The first kappa shape index (κ1) is 21.2. The largest absolute Gasteiger partial charge is 0.0622 e. The first-order valence-corrected chi connectivity index (χ1v) is 6.71. The Balaban J connectivity index is 0. The molecule has 0 aromatic heterocycles. The predicted molar refractivity (Wildman–Crippen MR) is 81.1 cm³/mol. The molecular formula is C18H24CrHe. The summed E-state index contributed by atoms with van der Waals surface area (Å²) in [5, 5.41) is 0. The van der Waals surface area contributed by atoms with Crippen LogP contribution in [-0.2, 0) is 17.4 Å². The second kappa shape index (κ2) is 11.7. The van der Waals surface area contributed by atoms with Gasteiger partial charge in [0.1, 0.15) is 0 Å². The first-order valence-electron chi connectivity index (χ1n) is 6.71. The van der Waals surface area contributed by atoms with Gasteiger partial charge in [0, 0.05) is 23.5 Å². The Morgan fingerprint density at radius 3 is 0.950 bits per heavy atom. The number of benzene rings is 2. The number of hydrogen-bond donors (Lipinski definition) is 0. The maximum atomic E-state index is 2.20. The van der Waals surface area contributed by atoms with Crippen LogP contribution in [0.5, 0.6) is 0 Å². The molecule has 0 heterocycles. The van der Waals surface area contributed by atoms with Gasteiger partial charge in [0.25, 0.3) is 0 Å². The molecule has 104 valence electrons. The monoisotopic (exact) mass is 296 g/mol. The normalized spacial score (nSPS) is 9.10. The van der Waals surface area contributed by atoms with E-state index < -0.39 is 0 Å². The van der Waals surface area contributed by atoms with Crippen LogP contribution in [0.15, 0.2) is 60.7 Å². The Morgan fingerprint density at radius 1 is 0.550 bits per heavy atom. The molecule has 0 atom stereocenters. The van der Waals surface area contributed by atoms with Crippen molar-refractivity contribution < 1.29 is 23.5 Å². The van der Waals surface area contributed by atoms with Crippen molar-refractivity contribution in [2.75, 3.05) is 0 Å². The van der Waals surface area contributed by atoms with Crippen molar-refractivity contribution in [3.05, 3.63) is 71.8 Å². The van der Waals surface area contributed by atoms with Crippen LogP contribution in [0.4, 0.5) is 0 Å². The fourth-order valence-electron chi connectivity index (χ4n) is 1.68. The van der Waals surface area contributed by atoms with Crippen LogP contribution in [0.2, 0.25) is 0 Å². The molecular weight excluding hydrogens is 272 g/mol. The minimum atomic E-state index is 0. The van der Waals surface area contributed by atoms with Crippen molar-refractivity contribution in [3.8, 4) is 0 Å². The molecule has 20 heavy (non-hydrogen) atoms. The molecule has 0 fully saturated rings. The Morgan fingerprint density at radius 2 is 0.800 bits per heavy atom. The van der Waals surface area contributed by atoms with E-state index in [1.165, 1.54) is 11.1 Å². The van der Waals surface area contributed by atoms with Crippen LogP contribution in [0.1, 0.15) is 50.7 Å². The molecule has 0 nitrogen and oxygen atoms in total. The third-order valence-electron chi connectivity index (χ3n) is 2.93. The maximum absolute atomic E-state index is 2.20. The standard InChI is InChI=1S/2C9H12.Cr.He/c2*1-8(2)9-6-4-3-5-7-9;;/h2*3-8H,1-2H3;;. The SMILES string of the molecule is CC(C)c1ccccc1.CC(C)c1ccccc1.[Cr].[He]. The molecule has 0 N–H and O–H groups in total. The molecule has 0 unspecified atom stereocenters. The molecule has 0 aliphatic rings. The summed E-state index contributed by atoms with van der Waals surface area (Å²) in [6, 6.07) is 21.0. The van der Waals surface area contributed by atoms with Crippen LogP contribution >= 0.6 is 0 Å². The van der Waals surface area contributed by atoms with Gasteiger partial charge in [0.05, 0.1) is 0 Å². The van der Waals surface area contributed by atoms with Gasteiger partial charge in [-0.25, -0.2) is 0 Å². The first-order chi connectivity index (χ1) is 8.61. The van der Waals surface area contributed by atoms with E-state index in [1.54, 1.807) is 0 Å². The van der Waals surface area contributed by atoms with Crippen LogP contribution < -0.4 is 0 Å². The van der Waals surface area contributed by atoms with E-state index in [0.29, 0.717) is 11.8 Å². The summed E-state index contributed by atoms with van der Waals surface area (Å²) in [5.41, 5.74) is 2.83. The molecule has 0 amide bonds. The van der Waals surface area contributed by atoms with Gasteiger partial charge in [-0.2, -0.15) is 0 Å². The number of hydrogen-bond acceptors (Lipinski definition) is 0. The molecule has 0 aliphatic carbocycles. The van der Waals surface area contributed by atoms with Crippen LogP contribution in [0.3, 0.4) is 0 Å². The zero-order valence-corrected chi connectivity index (χ0v) is 14.3. The maximum Gasteiger partial charge on any atom is 0 e. The average Bonchev–Trinajstić information content (AvgIpc) is 2.41. The molecule has 2 heteroatoms. The average molecular weight is 296 g/mol. The van der Waals surface area contributed by atoms with Crippen molar-refractivity contribution in [2.24, 2.45) is 0 Å². The summed E-state index contributed by atoms with van der Waals surface area (Å²) < 4.78 is 0. The van der Waals surface area contributed by atoms with Gasteiger partial charge < -0.3 is 0 Å². The third-order valence-corrected chi connectivity index (χ3v) is 2.93. The van der Waals surface area contributed by atoms with Gasteiger partial charge in [0.15, 0.2) is 0 Å². The van der Waals surface area contributed by atoms with Crippen molar-refractivity contribution >= 4 is 0 Å². The van der Waals surface area contributed by atoms with Gasteiger partial charge in [-0.1, -0.05) is 88.4 Å². The van der Waals surface area contributed by atoms with Gasteiger partial charge in [-0.3, -0.25) is 0 Å². The van der Waals surface area contributed by atoms with Crippen LogP contribution in [-0.4, -0.2) is 0 Å². The van der Waals surface area contributed by atoms with E-state index in [-0.39, 0.29) is 23.5 Å². The van der Waals surface area contributed by atoms with Crippen molar-refractivity contribution in [3.63, 3.8) is 0 Å². The summed E-state index contributed by atoms with van der Waals surface area (Å²) >= 11 is 0. The van der Waals surface area contributed by atoms with E-state index in [2.05, 4.69) is 76.2 Å². The summed E-state index contributed by atoms with van der Waals surface area (Å²) in [6.45, 7) is 8.81. The Hall–Kier alpha value is -1.12. The second-order valence-electron chi connectivity index (χ2n) is 5.13. The Labute approximate surface area is 135 Å². The van der Waals surface area contributed by atoms with E-state index in [1.807, 2.05) is 12.1 Å². The molecule has 0 saturated carbocycles. The van der Waals surface area contributed by atoms with Crippen LogP contribution in [0.25, 0.3) is 0 Å². The zero-order valence-electron chi connectivity index (χ0n) is 13.0. The summed E-state index contributed by atoms with van der Waals surface area (Å²) in [5.74, 6) is 1.32. The molecule has 0 aliphatic heterocycles. The molecule has 0 bridgehead atoms. The molecule has 2 aromatic carbocycles. The fourth-order valence-corrected chi connectivity index (χ4v) is 1.68. The molecule has 2 aromatic rings. The van der Waals surface area contributed by atoms with Gasteiger partial charge in [-0.15, -0.1) is 0 Å². The molecule has 0 saturated heterocycles. The quantitative estimate of drug-likeness (QED) is 0.675. The van der Waals surface area contributed by atoms with E-state index in [0.717, 1.165) is 0 Å². The minimum Gasteiger partial charge on any atom is -0.0622 e. The smallest absolute Gasteiger partial charge is 0 e. The van der Waals surface area contributed by atoms with Gasteiger partial charge in [0.2, 0.25) is 0 Å². The van der Waals surface area contributed by atoms with Crippen LogP contribution in [0, 0.1) is 6.15 Å². The second-order valence-corrected chi connectivity index (χ2v) is 5.13. The van der Waals surface area contributed by atoms with Crippen molar-refractivity contribution in [2.45, 2.75) is 39.5 Å². The van der Waals surface area contributed by atoms with E-state index >= 15 is 0 Å². The predicted octanol–water partition coefficient (Wildman–Crippen LogP) is 5.62. The van der Waals surface area contributed by atoms with Gasteiger partial charge >= 0.3 is 0 Å². The topological polar surface area (TPSA) is 0 Å². The van der Waals surface area contributed by atoms with Crippen molar-refractivity contribution in [1.82, 2.24) is 0 Å². The minimum absolute atomic E-state index is 0. The summed E-state index contributed by atoms with van der Waals surface area (Å²) in [4.78, 5) is 0. The molecule has 0 spiro atoms. The number of rotatable bonds is 2. The van der Waals surface area contributed by atoms with E-state index in [4.69, 9.17) is 0 Å². The summed E-state index contributed by atoms with van der Waals surface area (Å²) in [7, 11) is 0. The van der Waals surface area contributed by atoms with E-state index in [9.17, 15) is 0 Å².